The Morgan fingerprint density at radius 2 is 1.90 bits per heavy atom. The lowest BCUT2D eigenvalue weighted by Crippen LogP contribution is -2.48. The van der Waals surface area contributed by atoms with E-state index in [1.54, 1.807) is 5.57 Å². The minimum Gasteiger partial charge on any atom is -0.377 e. The van der Waals surface area contributed by atoms with Gasteiger partial charge in [-0.05, 0) is 79.1 Å². The number of ether oxygens (including phenoxy) is 1. The average molecular weight is 403 g/mol. The number of hydrogen-bond donors (Lipinski definition) is 0. The summed E-state index contributed by atoms with van der Waals surface area (Å²) in [7, 11) is 1.92. The van der Waals surface area contributed by atoms with Crippen LogP contribution in [0.3, 0.4) is 0 Å². The van der Waals surface area contributed by atoms with Gasteiger partial charge in [0.1, 0.15) is 6.29 Å². The molecule has 1 aromatic rings. The molecule has 1 aromatic carbocycles. The molecule has 0 N–H and O–H groups in total. The van der Waals surface area contributed by atoms with Crippen molar-refractivity contribution in [3.63, 3.8) is 0 Å². The number of methoxy groups -OCH3 is 1. The smallest absolute Gasteiger partial charge is 0.156 e. The molecule has 0 spiro atoms. The summed E-state index contributed by atoms with van der Waals surface area (Å²) in [5, 5.41) is 0. The summed E-state index contributed by atoms with van der Waals surface area (Å²) in [6.07, 6.45) is 10.2. The molecule has 0 unspecified atom stereocenters. The Morgan fingerprint density at radius 1 is 1.10 bits per heavy atom. The first-order chi connectivity index (χ1) is 14.5. The lowest BCUT2D eigenvalue weighted by Gasteiger charge is -2.54. The van der Waals surface area contributed by atoms with Crippen molar-refractivity contribution in [3.05, 3.63) is 58.2 Å². The second kappa shape index (κ2) is 6.26. The van der Waals surface area contributed by atoms with E-state index in [1.807, 2.05) is 25.3 Å². The molecule has 0 radical (unpaired) electrons. The number of carbonyl (C=O) groups excluding carboxylic acids is 2. The number of allylic oxidation sites excluding steroid dienone is 4. The van der Waals surface area contributed by atoms with Gasteiger partial charge in [-0.25, -0.2) is 0 Å². The van der Waals surface area contributed by atoms with E-state index in [0.717, 1.165) is 37.5 Å². The number of benzene rings is 1. The fourth-order valence-corrected chi connectivity index (χ4v) is 8.11. The van der Waals surface area contributed by atoms with Crippen LogP contribution in [0.4, 0.5) is 0 Å². The van der Waals surface area contributed by atoms with Crippen LogP contribution in [0.15, 0.2) is 47.1 Å². The zero-order valence-electron chi connectivity index (χ0n) is 17.9. The molecule has 0 saturated heterocycles. The van der Waals surface area contributed by atoms with Crippen molar-refractivity contribution in [1.82, 2.24) is 0 Å². The highest BCUT2D eigenvalue weighted by Gasteiger charge is 2.75. The number of hydrogen-bond acceptors (Lipinski definition) is 3. The Labute approximate surface area is 178 Å². The van der Waals surface area contributed by atoms with Crippen LogP contribution in [0.25, 0.3) is 0 Å². The molecule has 3 heteroatoms. The first-order valence-corrected chi connectivity index (χ1v) is 11.6. The quantitative estimate of drug-likeness (QED) is 0.635. The monoisotopic (exact) mass is 402 g/mol. The van der Waals surface area contributed by atoms with E-state index in [9.17, 15) is 9.59 Å². The van der Waals surface area contributed by atoms with E-state index in [1.165, 1.54) is 29.6 Å². The zero-order chi connectivity index (χ0) is 20.7. The molecule has 0 heterocycles. The molecule has 6 atom stereocenters. The summed E-state index contributed by atoms with van der Waals surface area (Å²) < 4.78 is 6.25. The van der Waals surface area contributed by atoms with Gasteiger partial charge in [0, 0.05) is 30.4 Å². The van der Waals surface area contributed by atoms with Crippen molar-refractivity contribution >= 4 is 12.1 Å². The van der Waals surface area contributed by atoms with Crippen LogP contribution >= 0.6 is 0 Å². The molecule has 3 saturated carbocycles. The molecule has 0 aromatic heterocycles. The maximum Gasteiger partial charge on any atom is 0.156 e. The minimum absolute atomic E-state index is 0.0630. The highest BCUT2D eigenvalue weighted by molar-refractivity contribution is 5.93. The summed E-state index contributed by atoms with van der Waals surface area (Å²) >= 11 is 0. The second-order valence-corrected chi connectivity index (χ2v) is 10.5. The van der Waals surface area contributed by atoms with Gasteiger partial charge >= 0.3 is 0 Å². The molecule has 0 aliphatic heterocycles. The van der Waals surface area contributed by atoms with E-state index in [4.69, 9.17) is 4.74 Å². The molecule has 3 nitrogen and oxygen atoms in total. The van der Waals surface area contributed by atoms with Gasteiger partial charge in [-0.15, -0.1) is 0 Å². The normalized spacial score (nSPS) is 41.4. The second-order valence-electron chi connectivity index (χ2n) is 10.5. The first kappa shape index (κ1) is 18.7. The molecule has 3 fully saturated rings. The predicted octanol–water partition coefficient (Wildman–Crippen LogP) is 5.41. The van der Waals surface area contributed by atoms with Gasteiger partial charge < -0.3 is 4.74 Å². The number of ketones is 1. The number of carbonyl (C=O) groups is 2. The number of aldehydes is 1. The summed E-state index contributed by atoms with van der Waals surface area (Å²) in [6.45, 7) is 2.50. The molecule has 5 aliphatic rings. The maximum atomic E-state index is 12.1. The van der Waals surface area contributed by atoms with Crippen molar-refractivity contribution < 1.29 is 14.3 Å². The van der Waals surface area contributed by atoms with Crippen LogP contribution in [0.1, 0.15) is 73.7 Å². The average Bonchev–Trinajstić information content (AvgIpc) is 3.44. The fraction of sp³-hybridized carbons (Fsp3) is 0.556. The Morgan fingerprint density at radius 3 is 2.63 bits per heavy atom. The largest absolute Gasteiger partial charge is 0.377 e. The zero-order valence-corrected chi connectivity index (χ0v) is 17.9. The van der Waals surface area contributed by atoms with Gasteiger partial charge in [0.05, 0.1) is 5.60 Å². The van der Waals surface area contributed by atoms with Gasteiger partial charge in [-0.2, -0.15) is 0 Å². The minimum atomic E-state index is 0.0630. The van der Waals surface area contributed by atoms with Crippen molar-refractivity contribution in [2.75, 3.05) is 7.11 Å². The van der Waals surface area contributed by atoms with Gasteiger partial charge in [0.25, 0.3) is 0 Å². The van der Waals surface area contributed by atoms with Gasteiger partial charge in [-0.3, -0.25) is 9.59 Å². The van der Waals surface area contributed by atoms with Crippen molar-refractivity contribution in [3.8, 4) is 0 Å². The van der Waals surface area contributed by atoms with Crippen LogP contribution in [-0.4, -0.2) is 24.8 Å². The molecule has 156 valence electrons. The van der Waals surface area contributed by atoms with E-state index in [0.29, 0.717) is 35.9 Å². The van der Waals surface area contributed by atoms with Gasteiger partial charge in [0.15, 0.2) is 5.78 Å². The Balaban J connectivity index is 1.52. The molecular weight excluding hydrogens is 372 g/mol. The third-order valence-corrected chi connectivity index (χ3v) is 9.52. The van der Waals surface area contributed by atoms with E-state index in [-0.39, 0.29) is 11.0 Å². The topological polar surface area (TPSA) is 43.4 Å². The highest BCUT2D eigenvalue weighted by Crippen LogP contribution is 2.77. The summed E-state index contributed by atoms with van der Waals surface area (Å²) in [4.78, 5) is 23.3. The Kier molecular flexibility index (Phi) is 3.91. The molecule has 6 rings (SSSR count). The third kappa shape index (κ3) is 2.30. The molecular formula is C27H30O3. The van der Waals surface area contributed by atoms with Crippen molar-refractivity contribution in [2.45, 2.75) is 63.4 Å². The number of fused-ring (bicyclic) bond motifs is 6. The van der Waals surface area contributed by atoms with E-state index >= 15 is 0 Å². The first-order valence-electron chi connectivity index (χ1n) is 11.6. The van der Waals surface area contributed by atoms with Crippen LogP contribution in [0.2, 0.25) is 0 Å². The lowest BCUT2D eigenvalue weighted by atomic mass is 9.51. The Bertz CT molecular complexity index is 995. The lowest BCUT2D eigenvalue weighted by molar-refractivity contribution is -0.114. The van der Waals surface area contributed by atoms with E-state index < -0.39 is 0 Å². The Hall–Kier alpha value is -2.00. The highest BCUT2D eigenvalue weighted by atomic mass is 16.5. The van der Waals surface area contributed by atoms with Crippen LogP contribution < -0.4 is 0 Å². The molecule has 0 amide bonds. The van der Waals surface area contributed by atoms with E-state index in [2.05, 4.69) is 19.1 Å². The van der Waals surface area contributed by atoms with Crippen LogP contribution in [-0.2, 0) is 9.53 Å². The molecule has 0 bridgehead atoms. The van der Waals surface area contributed by atoms with Crippen LogP contribution in [0, 0.1) is 23.2 Å². The molecule has 5 aliphatic carbocycles. The van der Waals surface area contributed by atoms with Crippen LogP contribution in [0.5, 0.6) is 0 Å². The summed E-state index contributed by atoms with van der Waals surface area (Å²) in [6, 6.07) is 8.24. The number of rotatable bonds is 3. The predicted molar refractivity (Wildman–Crippen MR) is 115 cm³/mol. The summed E-state index contributed by atoms with van der Waals surface area (Å²) in [5.41, 5.74) is 6.73. The van der Waals surface area contributed by atoms with Crippen molar-refractivity contribution in [1.29, 1.82) is 0 Å². The standard InChI is InChI=1S/C27H30O3/c1-26-14-23(17-5-3-16(15-28)4-6-17)25-21-10-8-20(29)11-18(21)7-9-22(25)24(26)12-19-13-27(19,26)30-2/h3-6,11,15,19,22-24H,7-10,12-14H2,1-2H3/t19-,22-,23+,24-,26-,27+/m0/s1. The van der Waals surface area contributed by atoms with Gasteiger partial charge in [-0.1, -0.05) is 36.8 Å². The fourth-order valence-electron chi connectivity index (χ4n) is 8.11. The maximum absolute atomic E-state index is 12.1. The SMILES string of the molecule is CO[C@]12C[C@@H]1C[C@H]1[C@@H]3CCC4=CC(=O)CCC4=C3[C@@H](c3ccc(C=O)cc3)C[C@@]12C. The third-order valence-electron chi connectivity index (χ3n) is 9.52. The van der Waals surface area contributed by atoms with Crippen molar-refractivity contribution in [2.24, 2.45) is 23.2 Å². The summed E-state index contributed by atoms with van der Waals surface area (Å²) in [5.74, 6) is 2.64. The van der Waals surface area contributed by atoms with Gasteiger partial charge in [0.2, 0.25) is 0 Å². The molecule has 30 heavy (non-hydrogen) atoms.